The Bertz CT molecular complexity index is 598. The van der Waals surface area contributed by atoms with Crippen LogP contribution < -0.4 is 0 Å². The third-order valence-electron chi connectivity index (χ3n) is 3.32. The number of alkyl halides is 12. The summed E-state index contributed by atoms with van der Waals surface area (Å²) in [6.45, 7) is 3.18. The van der Waals surface area contributed by atoms with E-state index in [9.17, 15) is 57.5 Å². The highest BCUT2D eigenvalue weighted by atomic mass is 19.4. The Kier molecular flexibility index (Phi) is 4.44. The fraction of sp³-hybridized carbons (Fsp3) is 0.727. The molecule has 14 heteroatoms. The van der Waals surface area contributed by atoms with Crippen LogP contribution >= 0.6 is 0 Å². The molecule has 0 bridgehead atoms. The largest absolute Gasteiger partial charge is 0.444 e. The van der Waals surface area contributed by atoms with Gasteiger partial charge in [0.25, 0.3) is 0 Å². The van der Waals surface area contributed by atoms with Gasteiger partial charge in [-0.1, -0.05) is 6.58 Å². The molecule has 0 aromatic carbocycles. The van der Waals surface area contributed by atoms with Crippen LogP contribution in [0.5, 0.6) is 0 Å². The van der Waals surface area contributed by atoms with Gasteiger partial charge < -0.3 is 4.74 Å². The molecule has 0 spiro atoms. The van der Waals surface area contributed by atoms with Crippen LogP contribution in [-0.4, -0.2) is 47.6 Å². The van der Waals surface area contributed by atoms with E-state index in [1.807, 2.05) is 0 Å². The Morgan fingerprint density at radius 1 is 0.920 bits per heavy atom. The Hall–Kier alpha value is -1.63. The third kappa shape index (κ3) is 2.24. The second kappa shape index (κ2) is 5.19. The summed E-state index contributed by atoms with van der Waals surface area (Å²) in [5.74, 6) is -31.6. The molecule has 0 amide bonds. The Morgan fingerprint density at radius 2 is 1.32 bits per heavy atom. The predicted molar refractivity (Wildman–Crippen MR) is 54.4 cm³/mol. The van der Waals surface area contributed by atoms with Crippen molar-refractivity contribution < 1.29 is 62.2 Å². The Labute approximate surface area is 130 Å². The fourth-order valence-corrected chi connectivity index (χ4v) is 1.81. The SMILES string of the molecule is C=C(C)C(=O)OC(F)(F)C1(F)C(F)C(F)(F)C(F)(F)C(F)(F)C1(F)F. The van der Waals surface area contributed by atoms with Crippen molar-refractivity contribution in [1.82, 2.24) is 0 Å². The van der Waals surface area contributed by atoms with Crippen LogP contribution in [-0.2, 0) is 9.53 Å². The van der Waals surface area contributed by atoms with Crippen LogP contribution in [0.1, 0.15) is 6.92 Å². The van der Waals surface area contributed by atoms with Gasteiger partial charge in [0.15, 0.2) is 0 Å². The highest BCUT2D eigenvalue weighted by molar-refractivity contribution is 5.87. The summed E-state index contributed by atoms with van der Waals surface area (Å²) in [7, 11) is 0. The summed E-state index contributed by atoms with van der Waals surface area (Å²) < 4.78 is 162. The molecule has 25 heavy (non-hydrogen) atoms. The molecular weight excluding hydrogens is 392 g/mol. The molecule has 0 N–H and O–H groups in total. The first kappa shape index (κ1) is 21.4. The van der Waals surface area contributed by atoms with E-state index in [0.29, 0.717) is 6.92 Å². The molecule has 1 fully saturated rings. The van der Waals surface area contributed by atoms with Gasteiger partial charge in [-0.05, 0) is 6.92 Å². The van der Waals surface area contributed by atoms with Crippen LogP contribution in [0.3, 0.4) is 0 Å². The molecule has 146 valence electrons. The number of hydrogen-bond donors (Lipinski definition) is 0. The van der Waals surface area contributed by atoms with Gasteiger partial charge in [-0.2, -0.15) is 43.9 Å². The highest BCUT2D eigenvalue weighted by Gasteiger charge is 3.00. The van der Waals surface area contributed by atoms with E-state index in [1.54, 1.807) is 0 Å². The lowest BCUT2D eigenvalue weighted by atomic mass is 9.73. The summed E-state index contributed by atoms with van der Waals surface area (Å²) in [5.41, 5.74) is -8.11. The van der Waals surface area contributed by atoms with Crippen LogP contribution in [0.4, 0.5) is 52.7 Å². The van der Waals surface area contributed by atoms with Crippen LogP contribution in [0.25, 0.3) is 0 Å². The second-order valence-electron chi connectivity index (χ2n) is 5.11. The average molecular weight is 398 g/mol. The number of carbonyl (C=O) groups is 1. The fourth-order valence-electron chi connectivity index (χ4n) is 1.81. The minimum Gasteiger partial charge on any atom is -0.395 e. The van der Waals surface area contributed by atoms with E-state index in [0.717, 1.165) is 0 Å². The summed E-state index contributed by atoms with van der Waals surface area (Å²) in [4.78, 5) is 10.9. The first-order valence-corrected chi connectivity index (χ1v) is 5.84. The molecule has 1 aliphatic carbocycles. The molecule has 1 rings (SSSR count). The monoisotopic (exact) mass is 398 g/mol. The summed E-state index contributed by atoms with van der Waals surface area (Å²) in [6.07, 6.45) is -12.6. The van der Waals surface area contributed by atoms with Gasteiger partial charge in [-0.15, -0.1) is 0 Å². The van der Waals surface area contributed by atoms with Gasteiger partial charge in [0, 0.05) is 5.57 Å². The molecule has 0 aromatic heterocycles. The number of rotatable bonds is 3. The van der Waals surface area contributed by atoms with Crippen molar-refractivity contribution in [2.75, 3.05) is 0 Å². The van der Waals surface area contributed by atoms with Crippen molar-refractivity contribution in [1.29, 1.82) is 0 Å². The molecule has 0 saturated heterocycles. The minimum atomic E-state index is -7.47. The minimum absolute atomic E-state index is 0.562. The molecule has 1 saturated carbocycles. The summed E-state index contributed by atoms with van der Waals surface area (Å²) >= 11 is 0. The number of esters is 1. The standard InChI is InChI=1S/C11H6F12O2/c1-3(2)4(24)25-11(22,23)6(13)5(12)7(14,15)9(18,19)10(20,21)8(6,16)17/h5H,1H2,2H3. The molecule has 0 aliphatic heterocycles. The number of hydrogen-bond acceptors (Lipinski definition) is 2. The quantitative estimate of drug-likeness (QED) is 0.403. The molecule has 0 aromatic rings. The van der Waals surface area contributed by atoms with Gasteiger partial charge >= 0.3 is 41.4 Å². The smallest absolute Gasteiger partial charge is 0.395 e. The molecule has 2 atom stereocenters. The number of ether oxygens (including phenoxy) is 1. The zero-order valence-corrected chi connectivity index (χ0v) is 11.6. The van der Waals surface area contributed by atoms with Crippen LogP contribution in [0.15, 0.2) is 12.2 Å². The molecular formula is C11H6F12O2. The highest BCUT2D eigenvalue weighted by Crippen LogP contribution is 2.68. The second-order valence-corrected chi connectivity index (χ2v) is 5.11. The van der Waals surface area contributed by atoms with E-state index >= 15 is 0 Å². The van der Waals surface area contributed by atoms with Gasteiger partial charge in [-0.3, -0.25) is 0 Å². The molecule has 0 heterocycles. The maximum Gasteiger partial charge on any atom is 0.444 e. The Morgan fingerprint density at radius 3 is 1.68 bits per heavy atom. The third-order valence-corrected chi connectivity index (χ3v) is 3.32. The van der Waals surface area contributed by atoms with Crippen molar-refractivity contribution in [3.63, 3.8) is 0 Å². The lowest BCUT2D eigenvalue weighted by Crippen LogP contribution is -2.84. The Balaban J connectivity index is 3.71. The predicted octanol–water partition coefficient (Wildman–Crippen LogP) is 4.30. The van der Waals surface area contributed by atoms with E-state index in [1.165, 1.54) is 0 Å². The zero-order valence-electron chi connectivity index (χ0n) is 11.6. The molecule has 0 radical (unpaired) electrons. The van der Waals surface area contributed by atoms with Crippen molar-refractivity contribution in [2.24, 2.45) is 0 Å². The molecule has 2 unspecified atom stereocenters. The average Bonchev–Trinajstić information content (AvgIpc) is 2.42. The zero-order chi connectivity index (χ0) is 20.4. The first-order chi connectivity index (χ1) is 10.7. The van der Waals surface area contributed by atoms with E-state index in [4.69, 9.17) is 0 Å². The van der Waals surface area contributed by atoms with Gasteiger partial charge in [-0.25, -0.2) is 13.6 Å². The summed E-state index contributed by atoms with van der Waals surface area (Å²) in [6, 6.07) is 0. The van der Waals surface area contributed by atoms with Crippen LogP contribution in [0.2, 0.25) is 0 Å². The van der Waals surface area contributed by atoms with E-state index in [2.05, 4.69) is 11.3 Å². The molecule has 1 aliphatic rings. The van der Waals surface area contributed by atoms with E-state index < -0.39 is 53.2 Å². The normalized spacial score (nSPS) is 32.8. The maximum absolute atomic E-state index is 14.0. The number of halogens is 12. The van der Waals surface area contributed by atoms with Crippen molar-refractivity contribution >= 4 is 5.97 Å². The van der Waals surface area contributed by atoms with Crippen molar-refractivity contribution in [3.8, 4) is 0 Å². The van der Waals surface area contributed by atoms with Crippen LogP contribution in [0, 0.1) is 0 Å². The summed E-state index contributed by atoms with van der Waals surface area (Å²) in [5, 5.41) is 0. The van der Waals surface area contributed by atoms with Gasteiger partial charge in [0.1, 0.15) is 0 Å². The van der Waals surface area contributed by atoms with Gasteiger partial charge in [0.05, 0.1) is 0 Å². The van der Waals surface area contributed by atoms with E-state index in [-0.39, 0.29) is 0 Å². The maximum atomic E-state index is 14.0. The molecule has 2 nitrogen and oxygen atoms in total. The lowest BCUT2D eigenvalue weighted by Gasteiger charge is -2.51. The van der Waals surface area contributed by atoms with Crippen molar-refractivity contribution in [2.45, 2.75) is 48.6 Å². The topological polar surface area (TPSA) is 26.3 Å². The lowest BCUT2D eigenvalue weighted by molar-refractivity contribution is -0.481. The van der Waals surface area contributed by atoms with Gasteiger partial charge in [0.2, 0.25) is 6.17 Å². The first-order valence-electron chi connectivity index (χ1n) is 5.84. The van der Waals surface area contributed by atoms with Crippen molar-refractivity contribution in [3.05, 3.63) is 12.2 Å². The number of carbonyl (C=O) groups excluding carboxylic acids is 1.